The second-order valence-electron chi connectivity index (χ2n) is 5.68. The van der Waals surface area contributed by atoms with Gasteiger partial charge in [0, 0.05) is 16.6 Å². The van der Waals surface area contributed by atoms with Crippen LogP contribution in [-0.2, 0) is 14.8 Å². The Morgan fingerprint density at radius 3 is 2.67 bits per heavy atom. The third kappa shape index (κ3) is 4.64. The summed E-state index contributed by atoms with van der Waals surface area (Å²) in [6.45, 7) is 3.88. The summed E-state index contributed by atoms with van der Waals surface area (Å²) in [5, 5.41) is 9.90. The van der Waals surface area contributed by atoms with Crippen molar-refractivity contribution in [3.8, 4) is 0 Å². The number of nitrogens with one attached hydrogen (secondary N) is 1. The van der Waals surface area contributed by atoms with Crippen LogP contribution in [0.2, 0.25) is 0 Å². The quantitative estimate of drug-likeness (QED) is 0.819. The van der Waals surface area contributed by atoms with E-state index in [1.54, 1.807) is 30.4 Å². The molecule has 24 heavy (non-hydrogen) atoms. The smallest absolute Gasteiger partial charge is 0.238 e. The number of carbonyl (C=O) groups excluding carboxylic acids is 1. The van der Waals surface area contributed by atoms with E-state index >= 15 is 0 Å². The number of likely N-dealkylation sites (N-methyl/N-ethyl adjacent to an activating group) is 1. The SMILES string of the molecule is Cc1ccc(NC(=O)CN(C)[C@H](C)c2cccs2)cc1S(N)(=O)=O. The molecule has 0 aliphatic carbocycles. The molecule has 0 spiro atoms. The van der Waals surface area contributed by atoms with Gasteiger partial charge in [-0.1, -0.05) is 12.1 Å². The monoisotopic (exact) mass is 367 g/mol. The van der Waals surface area contributed by atoms with E-state index in [4.69, 9.17) is 5.14 Å². The summed E-state index contributed by atoms with van der Waals surface area (Å²) in [6.07, 6.45) is 0. The average Bonchev–Trinajstić information content (AvgIpc) is 3.01. The first-order valence-corrected chi connectivity index (χ1v) is 9.78. The molecule has 2 aromatic rings. The molecule has 0 saturated heterocycles. The fourth-order valence-electron chi connectivity index (χ4n) is 2.29. The summed E-state index contributed by atoms with van der Waals surface area (Å²) < 4.78 is 23.1. The van der Waals surface area contributed by atoms with Gasteiger partial charge in [-0.25, -0.2) is 13.6 Å². The van der Waals surface area contributed by atoms with E-state index in [1.165, 1.54) is 10.9 Å². The number of nitrogens with two attached hydrogens (primary N) is 1. The molecule has 0 aliphatic rings. The zero-order valence-electron chi connectivity index (χ0n) is 13.8. The van der Waals surface area contributed by atoms with Gasteiger partial charge in [0.2, 0.25) is 15.9 Å². The number of aryl methyl sites for hydroxylation is 1. The van der Waals surface area contributed by atoms with E-state index in [0.29, 0.717) is 11.3 Å². The van der Waals surface area contributed by atoms with Crippen LogP contribution in [0.5, 0.6) is 0 Å². The van der Waals surface area contributed by atoms with Crippen molar-refractivity contribution in [3.63, 3.8) is 0 Å². The zero-order chi connectivity index (χ0) is 17.9. The Labute approximate surface area is 146 Å². The number of carbonyl (C=O) groups is 1. The van der Waals surface area contributed by atoms with Gasteiger partial charge < -0.3 is 5.32 Å². The average molecular weight is 367 g/mol. The molecule has 130 valence electrons. The molecule has 1 atom stereocenters. The van der Waals surface area contributed by atoms with Crippen LogP contribution < -0.4 is 10.5 Å². The number of sulfonamides is 1. The second kappa shape index (κ2) is 7.43. The molecule has 0 saturated carbocycles. The molecule has 8 heteroatoms. The lowest BCUT2D eigenvalue weighted by Crippen LogP contribution is -2.32. The minimum absolute atomic E-state index is 0.0145. The summed E-state index contributed by atoms with van der Waals surface area (Å²) in [4.78, 5) is 15.3. The van der Waals surface area contributed by atoms with Gasteiger partial charge in [0.1, 0.15) is 0 Å². The number of benzene rings is 1. The Kier molecular flexibility index (Phi) is 5.76. The minimum Gasteiger partial charge on any atom is -0.325 e. The van der Waals surface area contributed by atoms with Crippen LogP contribution in [0.25, 0.3) is 0 Å². The Morgan fingerprint density at radius 1 is 1.38 bits per heavy atom. The lowest BCUT2D eigenvalue weighted by molar-refractivity contribution is -0.117. The van der Waals surface area contributed by atoms with Crippen LogP contribution in [0.15, 0.2) is 40.6 Å². The highest BCUT2D eigenvalue weighted by atomic mass is 32.2. The van der Waals surface area contributed by atoms with Crippen molar-refractivity contribution >= 4 is 33.0 Å². The standard InChI is InChI=1S/C16H21N3O3S2/c1-11-6-7-13(9-15(11)24(17,21)22)18-16(20)10-19(3)12(2)14-5-4-8-23-14/h4-9,12H,10H2,1-3H3,(H,18,20)(H2,17,21,22)/t12-/m1/s1. The molecule has 3 N–H and O–H groups in total. The topological polar surface area (TPSA) is 92.5 Å². The molecule has 0 aliphatic heterocycles. The van der Waals surface area contributed by atoms with E-state index in [0.717, 1.165) is 0 Å². The van der Waals surface area contributed by atoms with Gasteiger partial charge >= 0.3 is 0 Å². The first-order valence-electron chi connectivity index (χ1n) is 7.35. The van der Waals surface area contributed by atoms with Crippen molar-refractivity contribution in [3.05, 3.63) is 46.2 Å². The zero-order valence-corrected chi connectivity index (χ0v) is 15.4. The van der Waals surface area contributed by atoms with Crippen LogP contribution in [-0.4, -0.2) is 32.8 Å². The van der Waals surface area contributed by atoms with Gasteiger partial charge in [0.05, 0.1) is 11.4 Å². The van der Waals surface area contributed by atoms with E-state index in [9.17, 15) is 13.2 Å². The van der Waals surface area contributed by atoms with Crippen molar-refractivity contribution in [2.45, 2.75) is 24.8 Å². The maximum absolute atomic E-state index is 12.2. The van der Waals surface area contributed by atoms with Crippen molar-refractivity contribution in [2.24, 2.45) is 5.14 Å². The number of rotatable bonds is 6. The molecule has 1 amide bonds. The fraction of sp³-hybridized carbons (Fsp3) is 0.312. The number of hydrogen-bond acceptors (Lipinski definition) is 5. The number of amides is 1. The van der Waals surface area contributed by atoms with Crippen molar-refractivity contribution in [1.29, 1.82) is 0 Å². The molecular weight excluding hydrogens is 346 g/mol. The number of anilines is 1. The van der Waals surface area contributed by atoms with Crippen molar-refractivity contribution in [2.75, 3.05) is 18.9 Å². The highest BCUT2D eigenvalue weighted by Gasteiger charge is 2.17. The van der Waals surface area contributed by atoms with Crippen LogP contribution >= 0.6 is 11.3 Å². The fourth-order valence-corrected chi connectivity index (χ4v) is 3.95. The molecule has 0 unspecified atom stereocenters. The van der Waals surface area contributed by atoms with Gasteiger partial charge in [-0.15, -0.1) is 11.3 Å². The van der Waals surface area contributed by atoms with Gasteiger partial charge in [0.15, 0.2) is 0 Å². The summed E-state index contributed by atoms with van der Waals surface area (Å²) in [5.41, 5.74) is 0.950. The molecule has 0 radical (unpaired) electrons. The first-order chi connectivity index (χ1) is 11.2. The summed E-state index contributed by atoms with van der Waals surface area (Å²) >= 11 is 1.64. The maximum atomic E-state index is 12.2. The van der Waals surface area contributed by atoms with E-state index < -0.39 is 10.0 Å². The van der Waals surface area contributed by atoms with Gasteiger partial charge in [-0.3, -0.25) is 9.69 Å². The molecule has 0 fully saturated rings. The van der Waals surface area contributed by atoms with Crippen LogP contribution in [0, 0.1) is 6.92 Å². The van der Waals surface area contributed by atoms with E-state index in [2.05, 4.69) is 5.32 Å². The predicted molar refractivity (Wildman–Crippen MR) is 96.5 cm³/mol. The minimum atomic E-state index is -3.82. The Balaban J connectivity index is 2.05. The normalized spacial score (nSPS) is 13.0. The predicted octanol–water partition coefficient (Wildman–Crippen LogP) is 2.34. The maximum Gasteiger partial charge on any atom is 0.238 e. The number of hydrogen-bond donors (Lipinski definition) is 2. The van der Waals surface area contributed by atoms with Gasteiger partial charge in [-0.05, 0) is 50.0 Å². The second-order valence-corrected chi connectivity index (χ2v) is 8.19. The van der Waals surface area contributed by atoms with Crippen molar-refractivity contribution < 1.29 is 13.2 Å². The molecule has 6 nitrogen and oxygen atoms in total. The Hall–Kier alpha value is -1.74. The lowest BCUT2D eigenvalue weighted by atomic mass is 10.2. The molecule has 0 bridgehead atoms. The molecule has 2 rings (SSSR count). The lowest BCUT2D eigenvalue weighted by Gasteiger charge is -2.23. The molecule has 1 aromatic heterocycles. The van der Waals surface area contributed by atoms with Crippen LogP contribution in [0.1, 0.15) is 23.4 Å². The largest absolute Gasteiger partial charge is 0.325 e. The highest BCUT2D eigenvalue weighted by molar-refractivity contribution is 7.89. The number of nitrogens with zero attached hydrogens (tertiary/aromatic N) is 1. The molecule has 1 heterocycles. The summed E-state index contributed by atoms with van der Waals surface area (Å²) in [5.74, 6) is -0.217. The van der Waals surface area contributed by atoms with Gasteiger partial charge in [0.25, 0.3) is 0 Å². The van der Waals surface area contributed by atoms with E-state index in [-0.39, 0.29) is 23.4 Å². The number of thiophene rings is 1. The third-order valence-electron chi connectivity index (χ3n) is 3.79. The summed E-state index contributed by atoms with van der Waals surface area (Å²) in [7, 11) is -1.95. The highest BCUT2D eigenvalue weighted by Crippen LogP contribution is 2.23. The van der Waals surface area contributed by atoms with E-state index in [1.807, 2.05) is 36.4 Å². The van der Waals surface area contributed by atoms with Crippen LogP contribution in [0.3, 0.4) is 0 Å². The van der Waals surface area contributed by atoms with Gasteiger partial charge in [-0.2, -0.15) is 0 Å². The summed E-state index contributed by atoms with van der Waals surface area (Å²) in [6, 6.07) is 8.78. The first kappa shape index (κ1) is 18.6. The third-order valence-corrected chi connectivity index (χ3v) is 5.88. The number of primary sulfonamides is 1. The molecule has 1 aromatic carbocycles. The Morgan fingerprint density at radius 2 is 2.08 bits per heavy atom. The Bertz CT molecular complexity index is 817. The van der Waals surface area contributed by atoms with Crippen LogP contribution in [0.4, 0.5) is 5.69 Å². The molecular formula is C16H21N3O3S2. The van der Waals surface area contributed by atoms with Crippen molar-refractivity contribution in [1.82, 2.24) is 4.90 Å².